The van der Waals surface area contributed by atoms with Gasteiger partial charge in [-0.05, 0) is 72.9 Å². The van der Waals surface area contributed by atoms with E-state index in [-0.39, 0.29) is 35.1 Å². The van der Waals surface area contributed by atoms with E-state index in [1.54, 1.807) is 13.2 Å². The van der Waals surface area contributed by atoms with Gasteiger partial charge < -0.3 is 23.5 Å². The number of aromatic nitrogens is 1. The molecule has 7 heteroatoms. The third-order valence-corrected chi connectivity index (χ3v) is 10.1. The summed E-state index contributed by atoms with van der Waals surface area (Å²) < 4.78 is 30.5. The van der Waals surface area contributed by atoms with Gasteiger partial charge in [0.05, 0.1) is 30.6 Å². The molecule has 6 rings (SSSR count). The Morgan fingerprint density at radius 2 is 1.87 bits per heavy atom. The molecule has 204 valence electrons. The van der Waals surface area contributed by atoms with E-state index in [2.05, 4.69) is 51.9 Å². The zero-order chi connectivity index (χ0) is 27.2. The zero-order valence-corrected chi connectivity index (χ0v) is 23.7. The molecule has 1 spiro atoms. The number of hydrogen-bond donors (Lipinski definition) is 0. The first-order chi connectivity index (χ1) is 17.9. The first-order valence-corrected chi connectivity index (χ1v) is 13.7. The van der Waals surface area contributed by atoms with Gasteiger partial charge >= 0.3 is 0 Å². The molecule has 7 nitrogen and oxygen atoms in total. The van der Waals surface area contributed by atoms with Crippen molar-refractivity contribution in [3.63, 3.8) is 0 Å². The second-order valence-corrected chi connectivity index (χ2v) is 12.9. The Bertz CT molecular complexity index is 1350. The number of benzene rings is 1. The summed E-state index contributed by atoms with van der Waals surface area (Å²) >= 11 is 0. The van der Waals surface area contributed by atoms with Gasteiger partial charge in [-0.2, -0.15) is 0 Å². The third-order valence-electron chi connectivity index (χ3n) is 10.1. The number of allylic oxidation sites excluding steroid dienone is 2. The molecule has 2 fully saturated rings. The molecule has 1 aromatic heterocycles. The second-order valence-electron chi connectivity index (χ2n) is 12.9. The number of rotatable bonds is 3. The second kappa shape index (κ2) is 8.43. The molecular weight excluding hydrogens is 482 g/mol. The highest BCUT2D eigenvalue weighted by molar-refractivity contribution is 5.94. The fraction of sp³-hybridized carbons (Fsp3) is 0.613. The predicted molar refractivity (Wildman–Crippen MR) is 143 cm³/mol. The summed E-state index contributed by atoms with van der Waals surface area (Å²) in [5.74, 6) is 0.592. The molecule has 1 saturated heterocycles. The SMILES string of the molecule is COc1ccc2c(OC3C(C)=CC45C(=O)C(C=C6COC(C)(C)OC6C34)C(C)(C)C(C)C[C@H]5C)noc2c1. The summed E-state index contributed by atoms with van der Waals surface area (Å²) in [7, 11) is 1.62. The van der Waals surface area contributed by atoms with Gasteiger partial charge in [0.2, 0.25) is 0 Å². The summed E-state index contributed by atoms with van der Waals surface area (Å²) in [6.45, 7) is 15.4. The molecule has 2 heterocycles. The number of ketones is 1. The molecule has 38 heavy (non-hydrogen) atoms. The molecule has 3 aliphatic carbocycles. The molecule has 1 saturated carbocycles. The topological polar surface area (TPSA) is 80.0 Å². The quantitative estimate of drug-likeness (QED) is 0.450. The van der Waals surface area contributed by atoms with Crippen molar-refractivity contribution >= 4 is 16.8 Å². The molecular formula is C31H39NO6. The number of hydrogen-bond acceptors (Lipinski definition) is 7. The van der Waals surface area contributed by atoms with Gasteiger partial charge in [0.1, 0.15) is 11.9 Å². The highest BCUT2D eigenvalue weighted by atomic mass is 16.7. The van der Waals surface area contributed by atoms with E-state index in [9.17, 15) is 4.79 Å². The van der Waals surface area contributed by atoms with Gasteiger partial charge in [0, 0.05) is 17.9 Å². The van der Waals surface area contributed by atoms with Gasteiger partial charge in [0.15, 0.2) is 17.2 Å². The Morgan fingerprint density at radius 3 is 2.61 bits per heavy atom. The number of methoxy groups -OCH3 is 1. The normalized spacial score (nSPS) is 37.4. The number of Topliss-reactive ketones (excluding diaryl/α,β-unsaturated/α-hetero) is 1. The maximum atomic E-state index is 14.8. The molecule has 1 aromatic carbocycles. The minimum atomic E-state index is -0.773. The van der Waals surface area contributed by atoms with Gasteiger partial charge in [-0.1, -0.05) is 39.8 Å². The molecule has 7 atom stereocenters. The summed E-state index contributed by atoms with van der Waals surface area (Å²) in [6.07, 6.45) is 4.61. The highest BCUT2D eigenvalue weighted by Crippen LogP contribution is 2.62. The van der Waals surface area contributed by atoms with E-state index in [0.717, 1.165) is 23.0 Å². The maximum absolute atomic E-state index is 14.8. The summed E-state index contributed by atoms with van der Waals surface area (Å²) in [5, 5.41) is 5.06. The van der Waals surface area contributed by atoms with E-state index >= 15 is 0 Å². The van der Waals surface area contributed by atoms with Crippen LogP contribution < -0.4 is 9.47 Å². The minimum Gasteiger partial charge on any atom is -0.497 e. The minimum absolute atomic E-state index is 0.114. The Kier molecular flexibility index (Phi) is 5.68. The van der Waals surface area contributed by atoms with Crippen molar-refractivity contribution in [1.82, 2.24) is 5.16 Å². The van der Waals surface area contributed by atoms with Crippen LogP contribution in [-0.4, -0.2) is 42.7 Å². The van der Waals surface area contributed by atoms with Gasteiger partial charge in [-0.3, -0.25) is 4.79 Å². The van der Waals surface area contributed by atoms with Crippen molar-refractivity contribution in [2.24, 2.45) is 34.5 Å². The lowest BCUT2D eigenvalue weighted by Crippen LogP contribution is -2.54. The van der Waals surface area contributed by atoms with Gasteiger partial charge in [-0.25, -0.2) is 0 Å². The standard InChI is InChI=1S/C31H39NO6/c1-16-14-31-18(3)11-17(2)29(4,5)22(27(31)33)12-19-15-35-30(6,7)37-26(19)24(31)25(16)36-28-21-10-9-20(34-8)13-23(21)38-32-28/h9-10,12-14,17-18,22,24-26H,11,15H2,1-8H3/t17?,18-,22?,24?,25?,26?,31?/m1/s1. The van der Waals surface area contributed by atoms with Crippen LogP contribution in [0.2, 0.25) is 0 Å². The van der Waals surface area contributed by atoms with Crippen LogP contribution in [0, 0.1) is 34.5 Å². The van der Waals surface area contributed by atoms with Gasteiger partial charge in [-0.15, -0.1) is 0 Å². The first-order valence-electron chi connectivity index (χ1n) is 13.7. The molecule has 2 aromatic rings. The largest absolute Gasteiger partial charge is 0.497 e. The van der Waals surface area contributed by atoms with Crippen LogP contribution in [0.1, 0.15) is 54.9 Å². The lowest BCUT2D eigenvalue weighted by Gasteiger charge is -2.47. The molecule has 0 amide bonds. The Balaban J connectivity index is 1.51. The van der Waals surface area contributed by atoms with Crippen molar-refractivity contribution in [2.45, 2.75) is 72.9 Å². The fourth-order valence-electron chi connectivity index (χ4n) is 7.49. The Hall–Kier alpha value is -2.64. The van der Waals surface area contributed by atoms with Crippen molar-refractivity contribution in [2.75, 3.05) is 13.7 Å². The van der Waals surface area contributed by atoms with Crippen LogP contribution in [0.15, 0.2) is 46.0 Å². The van der Waals surface area contributed by atoms with Crippen LogP contribution >= 0.6 is 0 Å². The molecule has 2 bridgehead atoms. The zero-order valence-electron chi connectivity index (χ0n) is 23.7. The van der Waals surface area contributed by atoms with Crippen molar-refractivity contribution in [1.29, 1.82) is 0 Å². The van der Waals surface area contributed by atoms with Crippen molar-refractivity contribution in [3.8, 4) is 11.6 Å². The van der Waals surface area contributed by atoms with E-state index in [0.29, 0.717) is 29.7 Å². The van der Waals surface area contributed by atoms with E-state index in [4.69, 9.17) is 23.5 Å². The van der Waals surface area contributed by atoms with Crippen molar-refractivity contribution < 1.29 is 28.3 Å². The van der Waals surface area contributed by atoms with Crippen LogP contribution in [0.5, 0.6) is 11.6 Å². The average Bonchev–Trinajstić information content (AvgIpc) is 3.36. The number of fused-ring (bicyclic) bond motifs is 4. The third kappa shape index (κ3) is 3.54. The van der Waals surface area contributed by atoms with E-state index < -0.39 is 17.3 Å². The average molecular weight is 522 g/mol. The van der Waals surface area contributed by atoms with E-state index in [1.807, 2.05) is 26.0 Å². The molecule has 6 unspecified atom stereocenters. The lowest BCUT2D eigenvalue weighted by molar-refractivity contribution is -0.269. The van der Waals surface area contributed by atoms with Gasteiger partial charge in [0.25, 0.3) is 5.88 Å². The summed E-state index contributed by atoms with van der Waals surface area (Å²) in [5.41, 5.74) is 1.74. The van der Waals surface area contributed by atoms with E-state index in [1.165, 1.54) is 0 Å². The first kappa shape index (κ1) is 25.6. The fourth-order valence-corrected chi connectivity index (χ4v) is 7.49. The van der Waals surface area contributed by atoms with Crippen LogP contribution in [-0.2, 0) is 14.3 Å². The number of carbonyl (C=O) groups excluding carboxylic acids is 1. The number of nitrogens with zero attached hydrogens (tertiary/aromatic N) is 1. The van der Waals surface area contributed by atoms with Crippen molar-refractivity contribution in [3.05, 3.63) is 41.5 Å². The number of carbonyl (C=O) groups is 1. The van der Waals surface area contributed by atoms with Crippen LogP contribution in [0.4, 0.5) is 0 Å². The maximum Gasteiger partial charge on any atom is 0.262 e. The monoisotopic (exact) mass is 521 g/mol. The molecule has 0 N–H and O–H groups in total. The Labute approximate surface area is 224 Å². The highest BCUT2D eigenvalue weighted by Gasteiger charge is 2.66. The molecule has 0 radical (unpaired) electrons. The number of ether oxygens (including phenoxy) is 4. The Morgan fingerprint density at radius 1 is 1.11 bits per heavy atom. The molecule has 1 aliphatic heterocycles. The van der Waals surface area contributed by atoms with Crippen LogP contribution in [0.25, 0.3) is 11.0 Å². The molecule has 4 aliphatic rings. The summed E-state index contributed by atoms with van der Waals surface area (Å²) in [4.78, 5) is 14.8. The lowest BCUT2D eigenvalue weighted by atomic mass is 9.62. The summed E-state index contributed by atoms with van der Waals surface area (Å²) in [6, 6.07) is 5.57. The predicted octanol–water partition coefficient (Wildman–Crippen LogP) is 6.13. The van der Waals surface area contributed by atoms with Crippen LogP contribution in [0.3, 0.4) is 0 Å². The smallest absolute Gasteiger partial charge is 0.262 e.